The highest BCUT2D eigenvalue weighted by Gasteiger charge is 2.41. The molecule has 0 heterocycles. The minimum Gasteiger partial charge on any atom is -0.385 e. The van der Waals surface area contributed by atoms with Gasteiger partial charge in [-0.2, -0.15) is 0 Å². The number of unbranched alkanes of at least 4 members (excludes halogenated alkanes) is 1. The third kappa shape index (κ3) is 4.84. The van der Waals surface area contributed by atoms with E-state index in [9.17, 15) is 4.79 Å². The van der Waals surface area contributed by atoms with Crippen LogP contribution in [0.2, 0.25) is 0 Å². The lowest BCUT2D eigenvalue weighted by atomic mass is 10.0. The first kappa shape index (κ1) is 13.3. The van der Waals surface area contributed by atoms with Crippen molar-refractivity contribution in [3.63, 3.8) is 0 Å². The Morgan fingerprint density at radius 1 is 1.38 bits per heavy atom. The van der Waals surface area contributed by atoms with E-state index >= 15 is 0 Å². The van der Waals surface area contributed by atoms with Crippen molar-refractivity contribution in [3.8, 4) is 0 Å². The minimum atomic E-state index is -0.0304. The lowest BCUT2D eigenvalue weighted by Crippen LogP contribution is -2.39. The molecule has 1 rings (SSSR count). The molecule has 0 spiro atoms. The van der Waals surface area contributed by atoms with Crippen LogP contribution in [0.25, 0.3) is 0 Å². The molecule has 0 aromatic heterocycles. The summed E-state index contributed by atoms with van der Waals surface area (Å²) in [5.74, 6) is 0. The Hall–Kier alpha value is -0.770. The monoisotopic (exact) mass is 228 g/mol. The zero-order chi connectivity index (χ0) is 11.9. The molecule has 94 valence electrons. The summed E-state index contributed by atoms with van der Waals surface area (Å²) in [6, 6.07) is -0.0304. The molecule has 0 aromatic carbocycles. The highest BCUT2D eigenvalue weighted by molar-refractivity contribution is 5.73. The number of carbonyl (C=O) groups excluding carboxylic acids is 1. The molecule has 0 bridgehead atoms. The Bertz CT molecular complexity index is 215. The first-order valence-electron chi connectivity index (χ1n) is 6.23. The van der Waals surface area contributed by atoms with Crippen LogP contribution >= 0.6 is 0 Å². The number of nitrogens with one attached hydrogen (secondary N) is 2. The van der Waals surface area contributed by atoms with Crippen molar-refractivity contribution in [2.75, 3.05) is 26.8 Å². The van der Waals surface area contributed by atoms with Gasteiger partial charge in [0.05, 0.1) is 0 Å². The Balaban J connectivity index is 2.07. The highest BCUT2D eigenvalue weighted by atomic mass is 16.5. The summed E-state index contributed by atoms with van der Waals surface area (Å²) in [7, 11) is 1.72. The third-order valence-electron chi connectivity index (χ3n) is 3.23. The maximum absolute atomic E-state index is 11.4. The molecular weight excluding hydrogens is 204 g/mol. The van der Waals surface area contributed by atoms with Gasteiger partial charge in [-0.25, -0.2) is 4.79 Å². The number of urea groups is 1. The van der Waals surface area contributed by atoms with E-state index in [4.69, 9.17) is 4.74 Å². The Morgan fingerprint density at radius 2 is 2.12 bits per heavy atom. The largest absolute Gasteiger partial charge is 0.385 e. The lowest BCUT2D eigenvalue weighted by molar-refractivity contribution is 0.171. The van der Waals surface area contributed by atoms with E-state index in [1.807, 2.05) is 0 Å². The molecule has 0 unspecified atom stereocenters. The number of methoxy groups -OCH3 is 1. The topological polar surface area (TPSA) is 50.4 Å². The zero-order valence-electron chi connectivity index (χ0n) is 10.5. The fraction of sp³-hybridized carbons (Fsp3) is 0.917. The second kappa shape index (κ2) is 6.74. The molecule has 16 heavy (non-hydrogen) atoms. The third-order valence-corrected chi connectivity index (χ3v) is 3.23. The number of rotatable bonds is 8. The maximum atomic E-state index is 11.4. The molecule has 0 radical (unpaired) electrons. The summed E-state index contributed by atoms with van der Waals surface area (Å²) in [4.78, 5) is 11.4. The van der Waals surface area contributed by atoms with Crippen LogP contribution in [0.15, 0.2) is 0 Å². The molecule has 2 N–H and O–H groups in total. The Kier molecular flexibility index (Phi) is 5.60. The fourth-order valence-electron chi connectivity index (χ4n) is 1.72. The van der Waals surface area contributed by atoms with Gasteiger partial charge in [0, 0.05) is 26.8 Å². The molecule has 4 heteroatoms. The molecule has 0 aliphatic heterocycles. The molecule has 0 saturated heterocycles. The van der Waals surface area contributed by atoms with Gasteiger partial charge in [-0.3, -0.25) is 0 Å². The van der Waals surface area contributed by atoms with Crippen molar-refractivity contribution < 1.29 is 9.53 Å². The van der Waals surface area contributed by atoms with Crippen LogP contribution in [-0.2, 0) is 4.74 Å². The summed E-state index contributed by atoms with van der Waals surface area (Å²) >= 11 is 0. The molecule has 0 aromatic rings. The van der Waals surface area contributed by atoms with Crippen molar-refractivity contribution in [1.29, 1.82) is 0 Å². The number of carbonyl (C=O) groups is 1. The summed E-state index contributed by atoms with van der Waals surface area (Å²) < 4.78 is 5.08. The van der Waals surface area contributed by atoms with Gasteiger partial charge in [0.25, 0.3) is 0 Å². The Labute approximate surface area is 98.1 Å². The van der Waals surface area contributed by atoms with Gasteiger partial charge in [-0.1, -0.05) is 13.3 Å². The lowest BCUT2D eigenvalue weighted by Gasteiger charge is -2.15. The standard InChI is InChI=1S/C12H24N2O2/c1-3-4-8-13-11(15)14-10-12(5-6-12)7-9-16-2/h3-10H2,1-2H3,(H2,13,14,15). The van der Waals surface area contributed by atoms with Crippen LogP contribution in [-0.4, -0.2) is 32.8 Å². The average Bonchev–Trinajstić information content (AvgIpc) is 3.05. The van der Waals surface area contributed by atoms with Crippen LogP contribution in [0, 0.1) is 5.41 Å². The number of ether oxygens (including phenoxy) is 1. The Morgan fingerprint density at radius 3 is 2.69 bits per heavy atom. The summed E-state index contributed by atoms with van der Waals surface area (Å²) in [5, 5.41) is 5.81. The SMILES string of the molecule is CCCCNC(=O)NCC1(CCOC)CC1. The normalized spacial score (nSPS) is 16.9. The van der Waals surface area contributed by atoms with Crippen molar-refractivity contribution in [3.05, 3.63) is 0 Å². The predicted octanol–water partition coefficient (Wildman–Crippen LogP) is 1.90. The van der Waals surface area contributed by atoms with Gasteiger partial charge in [-0.15, -0.1) is 0 Å². The first-order chi connectivity index (χ1) is 7.72. The highest BCUT2D eigenvalue weighted by Crippen LogP contribution is 2.48. The van der Waals surface area contributed by atoms with Gasteiger partial charge in [-0.05, 0) is 31.1 Å². The molecule has 4 nitrogen and oxygen atoms in total. The van der Waals surface area contributed by atoms with Crippen molar-refractivity contribution in [2.24, 2.45) is 5.41 Å². The van der Waals surface area contributed by atoms with E-state index in [1.165, 1.54) is 12.8 Å². The molecule has 1 fully saturated rings. The van der Waals surface area contributed by atoms with Crippen LogP contribution in [0.5, 0.6) is 0 Å². The smallest absolute Gasteiger partial charge is 0.314 e. The second-order valence-corrected chi connectivity index (χ2v) is 4.71. The predicted molar refractivity (Wildman–Crippen MR) is 64.5 cm³/mol. The summed E-state index contributed by atoms with van der Waals surface area (Å²) in [6.07, 6.45) is 5.64. The van der Waals surface area contributed by atoms with Crippen molar-refractivity contribution >= 4 is 6.03 Å². The van der Waals surface area contributed by atoms with Gasteiger partial charge < -0.3 is 15.4 Å². The van der Waals surface area contributed by atoms with E-state index in [2.05, 4.69) is 17.6 Å². The molecular formula is C12H24N2O2. The first-order valence-corrected chi connectivity index (χ1v) is 6.23. The molecule has 1 aliphatic carbocycles. The zero-order valence-corrected chi connectivity index (χ0v) is 10.5. The van der Waals surface area contributed by atoms with Gasteiger partial charge in [0.1, 0.15) is 0 Å². The number of hydrogen-bond acceptors (Lipinski definition) is 2. The van der Waals surface area contributed by atoms with Crippen molar-refractivity contribution in [1.82, 2.24) is 10.6 Å². The number of amides is 2. The minimum absolute atomic E-state index is 0.0304. The summed E-state index contributed by atoms with van der Waals surface area (Å²) in [6.45, 7) is 4.46. The van der Waals surface area contributed by atoms with E-state index < -0.39 is 0 Å². The average molecular weight is 228 g/mol. The second-order valence-electron chi connectivity index (χ2n) is 4.71. The van der Waals surface area contributed by atoms with E-state index in [0.717, 1.165) is 39.0 Å². The maximum Gasteiger partial charge on any atom is 0.314 e. The van der Waals surface area contributed by atoms with Gasteiger partial charge in [0.15, 0.2) is 0 Å². The van der Waals surface area contributed by atoms with E-state index in [-0.39, 0.29) is 6.03 Å². The van der Waals surface area contributed by atoms with Crippen LogP contribution in [0.3, 0.4) is 0 Å². The van der Waals surface area contributed by atoms with Gasteiger partial charge >= 0.3 is 6.03 Å². The van der Waals surface area contributed by atoms with Crippen LogP contribution in [0.1, 0.15) is 39.0 Å². The summed E-state index contributed by atoms with van der Waals surface area (Å²) in [5.41, 5.74) is 0.331. The van der Waals surface area contributed by atoms with Crippen LogP contribution < -0.4 is 10.6 Å². The molecule has 1 saturated carbocycles. The van der Waals surface area contributed by atoms with E-state index in [0.29, 0.717) is 5.41 Å². The fourth-order valence-corrected chi connectivity index (χ4v) is 1.72. The molecule has 0 atom stereocenters. The van der Waals surface area contributed by atoms with E-state index in [1.54, 1.807) is 7.11 Å². The van der Waals surface area contributed by atoms with Gasteiger partial charge in [0.2, 0.25) is 0 Å². The quantitative estimate of drug-likeness (QED) is 0.623. The van der Waals surface area contributed by atoms with Crippen LogP contribution in [0.4, 0.5) is 4.79 Å². The molecule has 1 aliphatic rings. The van der Waals surface area contributed by atoms with Crippen molar-refractivity contribution in [2.45, 2.75) is 39.0 Å². The molecule has 2 amide bonds. The number of hydrogen-bond donors (Lipinski definition) is 2.